The highest BCUT2D eigenvalue weighted by Gasteiger charge is 2.47. The number of nitrogens with one attached hydrogen (secondary N) is 1. The van der Waals surface area contributed by atoms with Gasteiger partial charge >= 0.3 is 6.18 Å². The maximum Gasteiger partial charge on any atom is 0.405 e. The van der Waals surface area contributed by atoms with Gasteiger partial charge in [0.25, 0.3) is 0 Å². The zero-order chi connectivity index (χ0) is 14.8. The van der Waals surface area contributed by atoms with Crippen LogP contribution in [0.4, 0.5) is 13.2 Å². The summed E-state index contributed by atoms with van der Waals surface area (Å²) >= 11 is 0. The van der Waals surface area contributed by atoms with E-state index in [1.807, 2.05) is 0 Å². The number of rotatable bonds is 5. The van der Waals surface area contributed by atoms with Crippen LogP contribution in [0.1, 0.15) is 31.4 Å². The zero-order valence-corrected chi connectivity index (χ0v) is 11.4. The van der Waals surface area contributed by atoms with Gasteiger partial charge in [-0.2, -0.15) is 13.2 Å². The predicted molar refractivity (Wildman–Crippen MR) is 64.1 cm³/mol. The lowest BCUT2D eigenvalue weighted by atomic mass is 9.99. The van der Waals surface area contributed by atoms with Crippen LogP contribution >= 0.6 is 0 Å². The van der Waals surface area contributed by atoms with E-state index in [9.17, 15) is 21.6 Å². The van der Waals surface area contributed by atoms with Gasteiger partial charge in [0.1, 0.15) is 18.1 Å². The molecule has 1 atom stereocenters. The molecule has 114 valence electrons. The number of hydrogen-bond acceptors (Lipinski definition) is 4. The van der Waals surface area contributed by atoms with Gasteiger partial charge < -0.3 is 4.52 Å². The van der Waals surface area contributed by atoms with Crippen LogP contribution in [0.3, 0.4) is 0 Å². The molecule has 1 unspecified atom stereocenters. The molecular weight excluding hydrogens is 297 g/mol. The number of hydrogen-bond donors (Lipinski definition) is 1. The fourth-order valence-electron chi connectivity index (χ4n) is 2.46. The minimum absolute atomic E-state index is 0.0739. The summed E-state index contributed by atoms with van der Waals surface area (Å²) in [6.45, 7) is 0. The van der Waals surface area contributed by atoms with E-state index in [1.54, 1.807) is 4.72 Å². The topological polar surface area (TPSA) is 72.2 Å². The van der Waals surface area contributed by atoms with Crippen molar-refractivity contribution >= 4 is 10.0 Å². The summed E-state index contributed by atoms with van der Waals surface area (Å²) in [4.78, 5) is 0. The number of halogens is 3. The molecule has 5 nitrogen and oxygen atoms in total. The summed E-state index contributed by atoms with van der Waals surface area (Å²) in [5.74, 6) is -1.31. The average molecular weight is 312 g/mol. The average Bonchev–Trinajstić information content (AvgIpc) is 2.95. The molecule has 1 N–H and O–H groups in total. The third kappa shape index (κ3) is 3.95. The first-order valence-corrected chi connectivity index (χ1v) is 7.89. The van der Waals surface area contributed by atoms with Crippen LogP contribution in [-0.2, 0) is 15.8 Å². The van der Waals surface area contributed by atoms with Crippen LogP contribution in [0.2, 0.25) is 0 Å². The summed E-state index contributed by atoms with van der Waals surface area (Å²) < 4.78 is 68.9. The Morgan fingerprint density at radius 3 is 2.55 bits per heavy atom. The number of sulfonamides is 1. The van der Waals surface area contributed by atoms with Crippen molar-refractivity contribution in [3.63, 3.8) is 0 Å². The smallest absolute Gasteiger partial charge is 0.364 e. The first kappa shape index (κ1) is 15.3. The number of alkyl halides is 3. The van der Waals surface area contributed by atoms with E-state index in [2.05, 4.69) is 9.68 Å². The van der Waals surface area contributed by atoms with Gasteiger partial charge in [0.2, 0.25) is 10.0 Å². The van der Waals surface area contributed by atoms with Crippen LogP contribution in [-0.4, -0.2) is 25.8 Å². The Bertz CT molecular complexity index is 522. The van der Waals surface area contributed by atoms with Crippen molar-refractivity contribution in [3.8, 4) is 0 Å². The molecular formula is C11H15F3N2O3S. The molecule has 0 aliphatic heterocycles. The number of aromatic nitrogens is 1. The van der Waals surface area contributed by atoms with Crippen LogP contribution in [0.5, 0.6) is 0 Å². The Kier molecular flexibility index (Phi) is 4.38. The zero-order valence-electron chi connectivity index (χ0n) is 10.6. The van der Waals surface area contributed by atoms with Gasteiger partial charge in [-0.05, 0) is 18.8 Å². The highest BCUT2D eigenvalue weighted by Crippen LogP contribution is 2.36. The molecule has 0 saturated heterocycles. The molecule has 1 fully saturated rings. The van der Waals surface area contributed by atoms with E-state index in [0.717, 1.165) is 0 Å². The standard InChI is InChI=1S/C11H15F3N2O3S/c12-11(13,14)10(8-3-1-2-4-8)16-20(17,18)7-9-5-6-19-15-9/h5-6,8,10,16H,1-4,7H2. The summed E-state index contributed by atoms with van der Waals surface area (Å²) in [6.07, 6.45) is -1.26. The SMILES string of the molecule is O=S(=O)(Cc1ccon1)NC(C1CCCC1)C(F)(F)F. The molecule has 0 aromatic carbocycles. The molecule has 1 aromatic heterocycles. The molecule has 1 saturated carbocycles. The van der Waals surface area contributed by atoms with Gasteiger partial charge in [0, 0.05) is 6.07 Å². The molecule has 0 spiro atoms. The summed E-state index contributed by atoms with van der Waals surface area (Å²) in [5.41, 5.74) is 0.0739. The molecule has 0 amide bonds. The van der Waals surface area contributed by atoms with Gasteiger partial charge in [-0.25, -0.2) is 13.1 Å². The second-order valence-corrected chi connectivity index (χ2v) is 6.69. The van der Waals surface area contributed by atoms with Gasteiger partial charge in [-0.15, -0.1) is 0 Å². The van der Waals surface area contributed by atoms with Crippen LogP contribution in [0, 0.1) is 5.92 Å². The molecule has 0 bridgehead atoms. The number of nitrogens with zero attached hydrogens (tertiary/aromatic N) is 1. The maximum absolute atomic E-state index is 13.0. The molecule has 20 heavy (non-hydrogen) atoms. The third-order valence-electron chi connectivity index (χ3n) is 3.36. The maximum atomic E-state index is 13.0. The van der Waals surface area contributed by atoms with Crippen molar-refractivity contribution < 1.29 is 26.1 Å². The van der Waals surface area contributed by atoms with Crippen molar-refractivity contribution in [2.45, 2.75) is 43.7 Å². The van der Waals surface area contributed by atoms with E-state index in [4.69, 9.17) is 0 Å². The Morgan fingerprint density at radius 1 is 1.40 bits per heavy atom. The first-order chi connectivity index (χ1) is 9.28. The van der Waals surface area contributed by atoms with Gasteiger partial charge in [-0.3, -0.25) is 0 Å². The lowest BCUT2D eigenvalue weighted by Crippen LogP contribution is -2.49. The summed E-state index contributed by atoms with van der Waals surface area (Å²) in [7, 11) is -4.12. The molecule has 9 heteroatoms. The van der Waals surface area contributed by atoms with Crippen molar-refractivity contribution in [1.82, 2.24) is 9.88 Å². The lowest BCUT2D eigenvalue weighted by Gasteiger charge is -2.26. The summed E-state index contributed by atoms with van der Waals surface area (Å²) in [6, 6.07) is -0.723. The minimum Gasteiger partial charge on any atom is -0.364 e. The van der Waals surface area contributed by atoms with Crippen LogP contribution < -0.4 is 4.72 Å². The van der Waals surface area contributed by atoms with Crippen LogP contribution in [0.15, 0.2) is 16.9 Å². The predicted octanol–water partition coefficient (Wildman–Crippen LogP) is 2.22. The molecule has 1 aliphatic rings. The normalized spacial score (nSPS) is 19.4. The Labute approximate surface area is 114 Å². The van der Waals surface area contributed by atoms with Crippen molar-refractivity contribution in [1.29, 1.82) is 0 Å². The van der Waals surface area contributed by atoms with E-state index in [0.29, 0.717) is 25.7 Å². The van der Waals surface area contributed by atoms with Crippen molar-refractivity contribution in [3.05, 3.63) is 18.0 Å². The minimum atomic E-state index is -4.59. The second-order valence-electron chi connectivity index (χ2n) is 4.93. The molecule has 0 radical (unpaired) electrons. The van der Waals surface area contributed by atoms with Gasteiger partial charge in [0.05, 0.1) is 5.69 Å². The Hall–Kier alpha value is -1.09. The monoisotopic (exact) mass is 312 g/mol. The molecule has 1 aromatic rings. The van der Waals surface area contributed by atoms with Crippen molar-refractivity contribution in [2.24, 2.45) is 5.92 Å². The summed E-state index contributed by atoms with van der Waals surface area (Å²) in [5, 5.41) is 3.39. The van der Waals surface area contributed by atoms with E-state index < -0.39 is 33.9 Å². The van der Waals surface area contributed by atoms with Crippen LogP contribution in [0.25, 0.3) is 0 Å². The van der Waals surface area contributed by atoms with E-state index >= 15 is 0 Å². The lowest BCUT2D eigenvalue weighted by molar-refractivity contribution is -0.162. The Morgan fingerprint density at radius 2 is 2.05 bits per heavy atom. The third-order valence-corrected chi connectivity index (χ3v) is 4.65. The molecule has 1 aliphatic carbocycles. The fraction of sp³-hybridized carbons (Fsp3) is 0.727. The first-order valence-electron chi connectivity index (χ1n) is 6.24. The van der Waals surface area contributed by atoms with E-state index in [1.165, 1.54) is 12.3 Å². The highest BCUT2D eigenvalue weighted by molar-refractivity contribution is 7.88. The second kappa shape index (κ2) is 5.72. The van der Waals surface area contributed by atoms with Gasteiger partial charge in [-0.1, -0.05) is 18.0 Å². The quantitative estimate of drug-likeness (QED) is 0.905. The fourth-order valence-corrected chi connectivity index (χ4v) is 3.80. The highest BCUT2D eigenvalue weighted by atomic mass is 32.2. The van der Waals surface area contributed by atoms with Gasteiger partial charge in [0.15, 0.2) is 0 Å². The van der Waals surface area contributed by atoms with E-state index in [-0.39, 0.29) is 5.69 Å². The largest absolute Gasteiger partial charge is 0.405 e. The Balaban J connectivity index is 2.10. The van der Waals surface area contributed by atoms with Crippen molar-refractivity contribution in [2.75, 3.05) is 0 Å². The molecule has 2 rings (SSSR count). The molecule has 1 heterocycles.